The lowest BCUT2D eigenvalue weighted by atomic mass is 10.1. The maximum absolute atomic E-state index is 11.2. The summed E-state index contributed by atoms with van der Waals surface area (Å²) in [6, 6.07) is 13.8. The van der Waals surface area contributed by atoms with Gasteiger partial charge in [0.2, 0.25) is 0 Å². The van der Waals surface area contributed by atoms with E-state index >= 15 is 0 Å². The first-order valence-electron chi connectivity index (χ1n) is 5.65. The number of esters is 1. The monoisotopic (exact) mass is 261 g/mol. The Kier molecular flexibility index (Phi) is 4.23. The number of hydrogen-bond acceptors (Lipinski definition) is 4. The van der Waals surface area contributed by atoms with Crippen LogP contribution in [0, 0.1) is 0 Å². The van der Waals surface area contributed by atoms with Gasteiger partial charge in [0.15, 0.2) is 0 Å². The summed E-state index contributed by atoms with van der Waals surface area (Å²) in [7, 11) is 1.35. The molecule has 0 fully saturated rings. The van der Waals surface area contributed by atoms with Gasteiger partial charge in [0.1, 0.15) is 6.04 Å². The lowest BCUT2D eigenvalue weighted by Gasteiger charge is -2.09. The SMILES string of the molecule is COC(=O)C(N)CSc1ccc2ccccc2c1. The van der Waals surface area contributed by atoms with Crippen molar-refractivity contribution in [2.45, 2.75) is 10.9 Å². The average Bonchev–Trinajstić information content (AvgIpc) is 2.43. The molecule has 0 bridgehead atoms. The molecule has 2 rings (SSSR count). The predicted octanol–water partition coefficient (Wildman–Crippen LogP) is 2.43. The molecule has 0 saturated heterocycles. The summed E-state index contributed by atoms with van der Waals surface area (Å²) >= 11 is 1.56. The maximum atomic E-state index is 11.2. The van der Waals surface area contributed by atoms with Gasteiger partial charge < -0.3 is 10.5 Å². The topological polar surface area (TPSA) is 52.3 Å². The van der Waals surface area contributed by atoms with Gasteiger partial charge in [-0.25, -0.2) is 0 Å². The second-order valence-corrected chi connectivity index (χ2v) is 5.04. The third-order valence-electron chi connectivity index (χ3n) is 2.65. The summed E-state index contributed by atoms with van der Waals surface area (Å²) in [5, 5.41) is 2.40. The number of fused-ring (bicyclic) bond motifs is 1. The van der Waals surface area contributed by atoms with Crippen LogP contribution in [0.15, 0.2) is 47.4 Å². The van der Waals surface area contributed by atoms with Crippen LogP contribution in [0.5, 0.6) is 0 Å². The van der Waals surface area contributed by atoms with Gasteiger partial charge in [-0.05, 0) is 22.9 Å². The largest absolute Gasteiger partial charge is 0.468 e. The van der Waals surface area contributed by atoms with Crippen molar-refractivity contribution in [3.63, 3.8) is 0 Å². The highest BCUT2D eigenvalue weighted by Crippen LogP contribution is 2.23. The Morgan fingerprint density at radius 3 is 2.72 bits per heavy atom. The van der Waals surface area contributed by atoms with Crippen LogP contribution in [-0.2, 0) is 9.53 Å². The first-order chi connectivity index (χ1) is 8.70. The zero-order chi connectivity index (χ0) is 13.0. The van der Waals surface area contributed by atoms with E-state index in [-0.39, 0.29) is 5.97 Å². The maximum Gasteiger partial charge on any atom is 0.323 e. The van der Waals surface area contributed by atoms with E-state index in [4.69, 9.17) is 5.73 Å². The van der Waals surface area contributed by atoms with Gasteiger partial charge in [0, 0.05) is 10.6 Å². The van der Waals surface area contributed by atoms with Gasteiger partial charge in [0.05, 0.1) is 7.11 Å². The number of methoxy groups -OCH3 is 1. The molecule has 2 aromatic rings. The highest BCUT2D eigenvalue weighted by molar-refractivity contribution is 7.99. The molecule has 0 amide bonds. The molecule has 1 unspecified atom stereocenters. The molecule has 0 aliphatic rings. The van der Waals surface area contributed by atoms with E-state index in [1.165, 1.54) is 17.9 Å². The summed E-state index contributed by atoms with van der Waals surface area (Å²) in [6.07, 6.45) is 0. The minimum Gasteiger partial charge on any atom is -0.468 e. The van der Waals surface area contributed by atoms with Crippen molar-refractivity contribution in [2.75, 3.05) is 12.9 Å². The molecule has 0 aromatic heterocycles. The Balaban J connectivity index is 2.06. The van der Waals surface area contributed by atoms with E-state index in [9.17, 15) is 4.79 Å². The van der Waals surface area contributed by atoms with E-state index in [1.54, 1.807) is 11.8 Å². The molecule has 1 atom stereocenters. The average molecular weight is 261 g/mol. The van der Waals surface area contributed by atoms with Crippen molar-refractivity contribution < 1.29 is 9.53 Å². The number of ether oxygens (including phenoxy) is 1. The minimum atomic E-state index is -0.577. The number of rotatable bonds is 4. The van der Waals surface area contributed by atoms with Gasteiger partial charge in [0.25, 0.3) is 0 Å². The van der Waals surface area contributed by atoms with Crippen LogP contribution in [0.1, 0.15) is 0 Å². The van der Waals surface area contributed by atoms with Crippen LogP contribution in [0.3, 0.4) is 0 Å². The Hall–Kier alpha value is -1.52. The van der Waals surface area contributed by atoms with E-state index in [1.807, 2.05) is 18.2 Å². The smallest absolute Gasteiger partial charge is 0.323 e. The minimum absolute atomic E-state index is 0.372. The van der Waals surface area contributed by atoms with E-state index in [0.717, 1.165) is 4.90 Å². The molecule has 3 nitrogen and oxygen atoms in total. The summed E-state index contributed by atoms with van der Waals surface area (Å²) in [4.78, 5) is 12.3. The van der Waals surface area contributed by atoms with Gasteiger partial charge >= 0.3 is 5.97 Å². The molecule has 0 aliphatic carbocycles. The van der Waals surface area contributed by atoms with Crippen LogP contribution in [-0.4, -0.2) is 24.9 Å². The van der Waals surface area contributed by atoms with Crippen LogP contribution in [0.25, 0.3) is 10.8 Å². The van der Waals surface area contributed by atoms with Crippen LogP contribution < -0.4 is 5.73 Å². The summed E-state index contributed by atoms with van der Waals surface area (Å²) in [5.74, 6) is 0.147. The van der Waals surface area contributed by atoms with Crippen molar-refractivity contribution in [2.24, 2.45) is 5.73 Å². The second-order valence-electron chi connectivity index (χ2n) is 3.95. The van der Waals surface area contributed by atoms with E-state index in [2.05, 4.69) is 29.0 Å². The van der Waals surface area contributed by atoms with Gasteiger partial charge in [-0.2, -0.15) is 0 Å². The molecule has 0 heterocycles. The molecule has 94 valence electrons. The summed E-state index contributed by atoms with van der Waals surface area (Å²) in [5.41, 5.74) is 5.69. The molecule has 0 radical (unpaired) electrons. The normalized spacial score (nSPS) is 12.3. The number of hydrogen-bond donors (Lipinski definition) is 1. The number of thioether (sulfide) groups is 1. The predicted molar refractivity (Wildman–Crippen MR) is 74.7 cm³/mol. The Bertz CT molecular complexity index is 556. The molecule has 4 heteroatoms. The van der Waals surface area contributed by atoms with Crippen molar-refractivity contribution in [1.29, 1.82) is 0 Å². The molecular formula is C14H15NO2S. The van der Waals surface area contributed by atoms with Crippen molar-refractivity contribution in [1.82, 2.24) is 0 Å². The van der Waals surface area contributed by atoms with Gasteiger partial charge in [-0.15, -0.1) is 11.8 Å². The fourth-order valence-electron chi connectivity index (χ4n) is 1.66. The summed E-state index contributed by atoms with van der Waals surface area (Å²) < 4.78 is 4.59. The highest BCUT2D eigenvalue weighted by Gasteiger charge is 2.13. The molecule has 2 N–H and O–H groups in total. The van der Waals surface area contributed by atoms with Crippen LogP contribution >= 0.6 is 11.8 Å². The third-order valence-corrected chi connectivity index (χ3v) is 3.77. The highest BCUT2D eigenvalue weighted by atomic mass is 32.2. The first-order valence-corrected chi connectivity index (χ1v) is 6.64. The number of nitrogens with two attached hydrogens (primary N) is 1. The fraction of sp³-hybridized carbons (Fsp3) is 0.214. The standard InChI is InChI=1S/C14H15NO2S/c1-17-14(16)13(15)9-18-12-7-6-10-4-2-3-5-11(10)8-12/h2-8,13H,9,15H2,1H3. The summed E-state index contributed by atoms with van der Waals surface area (Å²) in [6.45, 7) is 0. The van der Waals surface area contributed by atoms with Crippen molar-refractivity contribution in [3.8, 4) is 0 Å². The lowest BCUT2D eigenvalue weighted by molar-refractivity contribution is -0.141. The molecular weight excluding hydrogens is 246 g/mol. The lowest BCUT2D eigenvalue weighted by Crippen LogP contribution is -2.33. The number of benzene rings is 2. The third kappa shape index (κ3) is 3.03. The van der Waals surface area contributed by atoms with Crippen LogP contribution in [0.2, 0.25) is 0 Å². The fourth-order valence-corrected chi connectivity index (χ4v) is 2.55. The van der Waals surface area contributed by atoms with E-state index < -0.39 is 6.04 Å². The Morgan fingerprint density at radius 2 is 2.00 bits per heavy atom. The molecule has 2 aromatic carbocycles. The number of carbonyl (C=O) groups excluding carboxylic acids is 1. The zero-order valence-electron chi connectivity index (χ0n) is 10.1. The molecule has 18 heavy (non-hydrogen) atoms. The molecule has 0 saturated carbocycles. The van der Waals surface area contributed by atoms with Crippen molar-refractivity contribution >= 4 is 28.5 Å². The second kappa shape index (κ2) is 5.89. The van der Waals surface area contributed by atoms with Crippen molar-refractivity contribution in [3.05, 3.63) is 42.5 Å². The van der Waals surface area contributed by atoms with Crippen LogP contribution in [0.4, 0.5) is 0 Å². The first kappa shape index (κ1) is 12.9. The Labute approximate surface area is 110 Å². The quantitative estimate of drug-likeness (QED) is 0.678. The van der Waals surface area contributed by atoms with E-state index in [0.29, 0.717) is 5.75 Å². The Morgan fingerprint density at radius 1 is 1.28 bits per heavy atom. The zero-order valence-corrected chi connectivity index (χ0v) is 10.9. The van der Waals surface area contributed by atoms with Gasteiger partial charge in [-0.1, -0.05) is 30.3 Å². The number of carbonyl (C=O) groups is 1. The molecule has 0 spiro atoms. The molecule has 0 aliphatic heterocycles. The van der Waals surface area contributed by atoms with Gasteiger partial charge in [-0.3, -0.25) is 4.79 Å².